The Kier molecular flexibility index (Phi) is 3.97. The van der Waals surface area contributed by atoms with Crippen LogP contribution in [0.25, 0.3) is 0 Å². The smallest absolute Gasteiger partial charge is 0.224 e. The first kappa shape index (κ1) is 13.0. The van der Waals surface area contributed by atoms with Crippen LogP contribution in [0.5, 0.6) is 0 Å². The van der Waals surface area contributed by atoms with E-state index in [0.717, 1.165) is 18.4 Å². The molecule has 0 spiro atoms. The molecule has 1 fully saturated rings. The van der Waals surface area contributed by atoms with E-state index >= 15 is 0 Å². The quantitative estimate of drug-likeness (QED) is 0.832. The van der Waals surface area contributed by atoms with Crippen LogP contribution in [0.15, 0.2) is 18.2 Å². The summed E-state index contributed by atoms with van der Waals surface area (Å²) < 4.78 is 13.6. The van der Waals surface area contributed by atoms with Gasteiger partial charge in [-0.05, 0) is 37.8 Å². The number of hydrogen-bond acceptors (Lipinski definition) is 2. The van der Waals surface area contributed by atoms with Gasteiger partial charge < -0.3 is 11.1 Å². The summed E-state index contributed by atoms with van der Waals surface area (Å²) in [6.07, 6.45) is 2.45. The fourth-order valence-electron chi connectivity index (χ4n) is 1.96. The number of carbonyl (C=O) groups excluding carboxylic acids is 1. The fraction of sp³-hybridized carbons (Fsp3) is 0.500. The monoisotopic (exact) mass is 250 g/mol. The molecule has 2 rings (SSSR count). The van der Waals surface area contributed by atoms with Gasteiger partial charge >= 0.3 is 0 Å². The number of hydrogen-bond donors (Lipinski definition) is 2. The Bertz CT molecular complexity index is 443. The minimum absolute atomic E-state index is 0.0547. The zero-order chi connectivity index (χ0) is 13.1. The predicted octanol–water partition coefficient (Wildman–Crippen LogP) is 1.53. The van der Waals surface area contributed by atoms with Gasteiger partial charge in [-0.25, -0.2) is 4.39 Å². The highest BCUT2D eigenvalue weighted by atomic mass is 19.1. The maximum absolute atomic E-state index is 13.6. The molecule has 4 heteroatoms. The molecule has 1 aliphatic carbocycles. The van der Waals surface area contributed by atoms with E-state index < -0.39 is 0 Å². The first-order chi connectivity index (χ1) is 8.60. The number of nitrogens with two attached hydrogens (primary N) is 1. The van der Waals surface area contributed by atoms with E-state index in [1.54, 1.807) is 12.1 Å². The van der Waals surface area contributed by atoms with Crippen LogP contribution in [-0.2, 0) is 11.2 Å². The number of halogens is 1. The second-order valence-electron chi connectivity index (χ2n) is 5.01. The lowest BCUT2D eigenvalue weighted by atomic mass is 9.97. The van der Waals surface area contributed by atoms with Crippen molar-refractivity contribution in [1.82, 2.24) is 5.32 Å². The van der Waals surface area contributed by atoms with Crippen molar-refractivity contribution >= 4 is 5.91 Å². The molecular weight excluding hydrogens is 231 g/mol. The fourth-order valence-corrected chi connectivity index (χ4v) is 1.96. The average molecular weight is 250 g/mol. The van der Waals surface area contributed by atoms with Crippen LogP contribution in [0.3, 0.4) is 0 Å². The van der Waals surface area contributed by atoms with Gasteiger partial charge in [0.2, 0.25) is 5.91 Å². The van der Waals surface area contributed by atoms with Gasteiger partial charge in [-0.15, -0.1) is 0 Å². The van der Waals surface area contributed by atoms with Gasteiger partial charge in [0.05, 0.1) is 5.92 Å². The lowest BCUT2D eigenvalue weighted by Gasteiger charge is -2.15. The Morgan fingerprint density at radius 2 is 2.28 bits per heavy atom. The van der Waals surface area contributed by atoms with E-state index in [0.29, 0.717) is 18.0 Å². The Balaban J connectivity index is 2.04. The van der Waals surface area contributed by atoms with Gasteiger partial charge in [-0.1, -0.05) is 17.7 Å². The Morgan fingerprint density at radius 3 is 2.89 bits per heavy atom. The highest BCUT2D eigenvalue weighted by Gasteiger charge is 2.27. The summed E-state index contributed by atoms with van der Waals surface area (Å²) in [5, 5.41) is 2.92. The van der Waals surface area contributed by atoms with E-state index in [1.165, 1.54) is 6.07 Å². The summed E-state index contributed by atoms with van der Waals surface area (Å²) in [7, 11) is 0. The molecule has 0 aliphatic heterocycles. The highest BCUT2D eigenvalue weighted by molar-refractivity contribution is 5.79. The molecule has 3 nitrogen and oxygen atoms in total. The van der Waals surface area contributed by atoms with Crippen molar-refractivity contribution in [3.05, 3.63) is 35.1 Å². The molecule has 1 amide bonds. The van der Waals surface area contributed by atoms with Crippen molar-refractivity contribution in [2.24, 2.45) is 11.7 Å². The highest BCUT2D eigenvalue weighted by Crippen LogP contribution is 2.20. The molecule has 0 radical (unpaired) electrons. The molecule has 1 aliphatic rings. The summed E-state index contributed by atoms with van der Waals surface area (Å²) in [5.74, 6) is -0.666. The number of aryl methyl sites for hydroxylation is 1. The zero-order valence-corrected chi connectivity index (χ0v) is 10.6. The molecule has 0 heterocycles. The molecule has 0 aromatic heterocycles. The zero-order valence-electron chi connectivity index (χ0n) is 10.6. The molecule has 1 saturated carbocycles. The van der Waals surface area contributed by atoms with Gasteiger partial charge in [0.1, 0.15) is 5.82 Å². The van der Waals surface area contributed by atoms with Crippen LogP contribution in [0.2, 0.25) is 0 Å². The molecule has 18 heavy (non-hydrogen) atoms. The minimum Gasteiger partial charge on any atom is -0.353 e. The van der Waals surface area contributed by atoms with Gasteiger partial charge in [-0.2, -0.15) is 0 Å². The van der Waals surface area contributed by atoms with Crippen LogP contribution < -0.4 is 11.1 Å². The summed E-state index contributed by atoms with van der Waals surface area (Å²) in [4.78, 5) is 11.9. The summed E-state index contributed by atoms with van der Waals surface area (Å²) >= 11 is 0. The van der Waals surface area contributed by atoms with E-state index in [9.17, 15) is 9.18 Å². The minimum atomic E-state index is -0.345. The molecule has 0 bridgehead atoms. The van der Waals surface area contributed by atoms with E-state index in [2.05, 4.69) is 5.32 Å². The third-order valence-electron chi connectivity index (χ3n) is 3.25. The third kappa shape index (κ3) is 3.29. The molecule has 3 N–H and O–H groups in total. The van der Waals surface area contributed by atoms with Gasteiger partial charge in [-0.3, -0.25) is 4.79 Å². The Labute approximate surface area is 107 Å². The molecule has 1 aromatic rings. The summed E-state index contributed by atoms with van der Waals surface area (Å²) in [6.45, 7) is 2.15. The summed E-state index contributed by atoms with van der Waals surface area (Å²) in [6, 6.07) is 5.26. The number of carbonyl (C=O) groups is 1. The Hall–Kier alpha value is -1.42. The first-order valence-electron chi connectivity index (χ1n) is 6.35. The van der Waals surface area contributed by atoms with Crippen LogP contribution in [0.1, 0.15) is 24.0 Å². The van der Waals surface area contributed by atoms with Gasteiger partial charge in [0.25, 0.3) is 0 Å². The van der Waals surface area contributed by atoms with E-state index in [1.807, 2.05) is 6.92 Å². The van der Waals surface area contributed by atoms with Crippen LogP contribution >= 0.6 is 0 Å². The maximum atomic E-state index is 13.6. The predicted molar refractivity (Wildman–Crippen MR) is 68.6 cm³/mol. The second kappa shape index (κ2) is 5.48. The lowest BCUT2D eigenvalue weighted by Crippen LogP contribution is -2.37. The van der Waals surface area contributed by atoms with Crippen molar-refractivity contribution in [2.45, 2.75) is 32.2 Å². The van der Waals surface area contributed by atoms with E-state index in [4.69, 9.17) is 5.73 Å². The molecular formula is C14H19FN2O. The second-order valence-corrected chi connectivity index (χ2v) is 5.01. The number of benzene rings is 1. The van der Waals surface area contributed by atoms with Crippen molar-refractivity contribution in [1.29, 1.82) is 0 Å². The van der Waals surface area contributed by atoms with Crippen molar-refractivity contribution in [3.8, 4) is 0 Å². The van der Waals surface area contributed by atoms with Crippen LogP contribution in [-0.4, -0.2) is 18.5 Å². The molecule has 1 unspecified atom stereocenters. The molecule has 1 atom stereocenters. The van der Waals surface area contributed by atoms with Crippen LogP contribution in [0, 0.1) is 18.7 Å². The average Bonchev–Trinajstić information content (AvgIpc) is 3.14. The molecule has 1 aromatic carbocycles. The largest absolute Gasteiger partial charge is 0.353 e. The standard InChI is InChI=1S/C14H19FN2O/c1-9-2-5-13(15)10(6-9)7-11(8-16)14(18)17-12-3-4-12/h2,5-6,11-12H,3-4,7-8,16H2,1H3,(H,17,18). The van der Waals surface area contributed by atoms with Crippen molar-refractivity contribution in [2.75, 3.05) is 6.54 Å². The maximum Gasteiger partial charge on any atom is 0.224 e. The van der Waals surface area contributed by atoms with Crippen molar-refractivity contribution in [3.63, 3.8) is 0 Å². The van der Waals surface area contributed by atoms with Crippen LogP contribution in [0.4, 0.5) is 4.39 Å². The van der Waals surface area contributed by atoms with Crippen molar-refractivity contribution < 1.29 is 9.18 Å². The topological polar surface area (TPSA) is 55.1 Å². The van der Waals surface area contributed by atoms with Gasteiger partial charge in [0.15, 0.2) is 0 Å². The molecule has 98 valence electrons. The Morgan fingerprint density at radius 1 is 1.56 bits per heavy atom. The third-order valence-corrected chi connectivity index (χ3v) is 3.25. The lowest BCUT2D eigenvalue weighted by molar-refractivity contribution is -0.124. The van der Waals surface area contributed by atoms with Gasteiger partial charge in [0, 0.05) is 12.6 Å². The summed E-state index contributed by atoms with van der Waals surface area (Å²) in [5.41, 5.74) is 7.18. The SMILES string of the molecule is Cc1ccc(F)c(CC(CN)C(=O)NC2CC2)c1. The number of nitrogens with one attached hydrogen (secondary N) is 1. The number of amides is 1. The normalized spacial score (nSPS) is 16.4. The molecule has 0 saturated heterocycles. The van der Waals surface area contributed by atoms with E-state index in [-0.39, 0.29) is 24.2 Å². The number of rotatable bonds is 5. The first-order valence-corrected chi connectivity index (χ1v) is 6.35.